The molecule has 8 nitrogen and oxygen atoms in total. The van der Waals surface area contributed by atoms with E-state index in [1.165, 1.54) is 13.8 Å². The second-order valence-electron chi connectivity index (χ2n) is 4.43. The Hall–Kier alpha value is -1.77. The van der Waals surface area contributed by atoms with Crippen molar-refractivity contribution >= 4 is 34.9 Å². The van der Waals surface area contributed by atoms with Crippen LogP contribution in [-0.2, 0) is 23.9 Å². The lowest BCUT2D eigenvalue weighted by atomic mass is 10.2. The highest BCUT2D eigenvalue weighted by molar-refractivity contribution is 8.13. The number of carboxylic acids is 1. The maximum absolute atomic E-state index is 11.5. The summed E-state index contributed by atoms with van der Waals surface area (Å²) in [7, 11) is 0. The van der Waals surface area contributed by atoms with Crippen LogP contribution < -0.4 is 5.32 Å². The number of aliphatic carboxylic acids is 1. The maximum Gasteiger partial charge on any atom is 0.370 e. The third-order valence-corrected chi connectivity index (χ3v) is 2.89. The molecular formula is C12H19NO7S. The average molecular weight is 321 g/mol. The Morgan fingerprint density at radius 2 is 1.71 bits per heavy atom. The molecule has 0 saturated carbocycles. The Labute approximate surface area is 126 Å². The Morgan fingerprint density at radius 3 is 2.14 bits per heavy atom. The highest BCUT2D eigenvalue weighted by Gasteiger charge is 2.22. The van der Waals surface area contributed by atoms with Gasteiger partial charge in [-0.1, -0.05) is 13.8 Å². The van der Waals surface area contributed by atoms with E-state index in [4.69, 9.17) is 14.6 Å². The SMILES string of the molecule is CC(=O)N[C@@H](CSC(=O)O[C@@H](C)OC(=O)C(C)C)C(=O)O. The second-order valence-corrected chi connectivity index (χ2v) is 5.38. The van der Waals surface area contributed by atoms with E-state index in [-0.39, 0.29) is 11.7 Å². The predicted molar refractivity (Wildman–Crippen MR) is 74.6 cm³/mol. The summed E-state index contributed by atoms with van der Waals surface area (Å²) in [6.07, 6.45) is -1.07. The third kappa shape index (κ3) is 8.90. The van der Waals surface area contributed by atoms with E-state index in [9.17, 15) is 19.2 Å². The third-order valence-electron chi connectivity index (χ3n) is 2.06. The fourth-order valence-electron chi connectivity index (χ4n) is 1.06. The summed E-state index contributed by atoms with van der Waals surface area (Å²) in [6.45, 7) is 5.82. The van der Waals surface area contributed by atoms with Gasteiger partial charge in [-0.25, -0.2) is 9.59 Å². The molecule has 0 aliphatic heterocycles. The molecule has 0 aromatic carbocycles. The number of hydrogen-bond donors (Lipinski definition) is 2. The second kappa shape index (κ2) is 9.22. The fourth-order valence-corrected chi connectivity index (χ4v) is 1.80. The van der Waals surface area contributed by atoms with Crippen molar-refractivity contribution in [1.82, 2.24) is 5.32 Å². The zero-order valence-corrected chi connectivity index (χ0v) is 13.1. The molecule has 0 radical (unpaired) electrons. The first-order valence-electron chi connectivity index (χ1n) is 6.17. The zero-order valence-electron chi connectivity index (χ0n) is 12.2. The van der Waals surface area contributed by atoms with Gasteiger partial charge in [0.15, 0.2) is 0 Å². The topological polar surface area (TPSA) is 119 Å². The van der Waals surface area contributed by atoms with Gasteiger partial charge >= 0.3 is 17.2 Å². The molecule has 21 heavy (non-hydrogen) atoms. The van der Waals surface area contributed by atoms with Crippen LogP contribution in [0.2, 0.25) is 0 Å². The van der Waals surface area contributed by atoms with Crippen molar-refractivity contribution in [2.45, 2.75) is 40.0 Å². The average Bonchev–Trinajstić information content (AvgIpc) is 2.33. The summed E-state index contributed by atoms with van der Waals surface area (Å²) in [5.41, 5.74) is 0. The summed E-state index contributed by atoms with van der Waals surface area (Å²) in [4.78, 5) is 44.4. The lowest BCUT2D eigenvalue weighted by molar-refractivity contribution is -0.167. The molecule has 0 aromatic heterocycles. The van der Waals surface area contributed by atoms with E-state index in [0.29, 0.717) is 11.8 Å². The first kappa shape index (κ1) is 19.2. The lowest BCUT2D eigenvalue weighted by Gasteiger charge is -2.16. The molecule has 1 amide bonds. The van der Waals surface area contributed by atoms with Crippen molar-refractivity contribution in [3.8, 4) is 0 Å². The van der Waals surface area contributed by atoms with Gasteiger partial charge in [0.2, 0.25) is 12.2 Å². The van der Waals surface area contributed by atoms with Crippen molar-refractivity contribution in [3.05, 3.63) is 0 Å². The Balaban J connectivity index is 4.21. The summed E-state index contributed by atoms with van der Waals surface area (Å²) in [6, 6.07) is -1.20. The van der Waals surface area contributed by atoms with E-state index < -0.39 is 35.5 Å². The molecular weight excluding hydrogens is 302 g/mol. The number of amides is 1. The molecule has 0 unspecified atom stereocenters. The van der Waals surface area contributed by atoms with Gasteiger partial charge in [0.05, 0.1) is 5.92 Å². The van der Waals surface area contributed by atoms with Gasteiger partial charge in [0.1, 0.15) is 6.04 Å². The van der Waals surface area contributed by atoms with Crippen molar-refractivity contribution < 1.29 is 33.8 Å². The lowest BCUT2D eigenvalue weighted by Crippen LogP contribution is -2.41. The molecule has 0 heterocycles. The predicted octanol–water partition coefficient (Wildman–Crippen LogP) is 0.991. The monoisotopic (exact) mass is 321 g/mol. The van der Waals surface area contributed by atoms with Gasteiger partial charge in [-0.2, -0.15) is 0 Å². The number of rotatable bonds is 7. The van der Waals surface area contributed by atoms with Crippen LogP contribution in [0.1, 0.15) is 27.7 Å². The van der Waals surface area contributed by atoms with E-state index in [1.807, 2.05) is 0 Å². The first-order valence-corrected chi connectivity index (χ1v) is 7.15. The fraction of sp³-hybridized carbons (Fsp3) is 0.667. The molecule has 0 saturated heterocycles. The number of hydrogen-bond acceptors (Lipinski definition) is 7. The summed E-state index contributed by atoms with van der Waals surface area (Å²) in [5, 5.41) is 10.2. The van der Waals surface area contributed by atoms with Crippen LogP contribution in [0.5, 0.6) is 0 Å². The van der Waals surface area contributed by atoms with Gasteiger partial charge in [0.25, 0.3) is 0 Å². The molecule has 0 fully saturated rings. The smallest absolute Gasteiger partial charge is 0.370 e. The Bertz CT molecular complexity index is 410. The number of esters is 1. The summed E-state index contributed by atoms with van der Waals surface area (Å²) in [5.74, 6) is -2.84. The number of thioether (sulfide) groups is 1. The van der Waals surface area contributed by atoms with Gasteiger partial charge in [-0.05, 0) is 11.8 Å². The summed E-state index contributed by atoms with van der Waals surface area (Å²) >= 11 is 0.571. The highest BCUT2D eigenvalue weighted by atomic mass is 32.2. The van der Waals surface area contributed by atoms with Crippen molar-refractivity contribution in [2.75, 3.05) is 5.75 Å². The standard InChI is InChI=1S/C12H19NO7S/c1-6(2)11(17)19-8(4)20-12(18)21-5-9(10(15)16)13-7(3)14/h6,8-9H,5H2,1-4H3,(H,13,14)(H,15,16)/t8-,9-/m0/s1. The van der Waals surface area contributed by atoms with E-state index >= 15 is 0 Å². The minimum absolute atomic E-state index is 0.196. The van der Waals surface area contributed by atoms with Crippen LogP contribution in [0.25, 0.3) is 0 Å². The minimum atomic E-state index is -1.26. The number of nitrogens with one attached hydrogen (secondary N) is 1. The number of carbonyl (C=O) groups is 4. The quantitative estimate of drug-likeness (QED) is 0.526. The van der Waals surface area contributed by atoms with Gasteiger partial charge in [-0.3, -0.25) is 9.59 Å². The molecule has 120 valence electrons. The molecule has 0 aromatic rings. The number of ether oxygens (including phenoxy) is 2. The molecule has 0 rings (SSSR count). The summed E-state index contributed by atoms with van der Waals surface area (Å²) < 4.78 is 9.60. The van der Waals surface area contributed by atoms with E-state index in [1.54, 1.807) is 13.8 Å². The maximum atomic E-state index is 11.5. The van der Waals surface area contributed by atoms with Crippen LogP contribution in [0.15, 0.2) is 0 Å². The van der Waals surface area contributed by atoms with Crippen LogP contribution >= 0.6 is 11.8 Å². The van der Waals surface area contributed by atoms with Crippen molar-refractivity contribution in [2.24, 2.45) is 5.92 Å². The molecule has 2 N–H and O–H groups in total. The van der Waals surface area contributed by atoms with Gasteiger partial charge in [-0.15, -0.1) is 0 Å². The molecule has 0 aliphatic rings. The zero-order chi connectivity index (χ0) is 16.6. The molecule has 0 aliphatic carbocycles. The normalized spacial score (nSPS) is 13.2. The van der Waals surface area contributed by atoms with Crippen LogP contribution in [-0.4, -0.2) is 46.3 Å². The van der Waals surface area contributed by atoms with Crippen LogP contribution in [0, 0.1) is 5.92 Å². The highest BCUT2D eigenvalue weighted by Crippen LogP contribution is 2.11. The Kier molecular flexibility index (Phi) is 8.44. The number of carboxylic acid groups (broad SMARTS) is 1. The van der Waals surface area contributed by atoms with E-state index in [0.717, 1.165) is 0 Å². The van der Waals surface area contributed by atoms with Gasteiger partial charge in [0, 0.05) is 19.6 Å². The van der Waals surface area contributed by atoms with Crippen LogP contribution in [0.4, 0.5) is 4.79 Å². The van der Waals surface area contributed by atoms with Crippen molar-refractivity contribution in [1.29, 1.82) is 0 Å². The molecule has 2 atom stereocenters. The van der Waals surface area contributed by atoms with E-state index in [2.05, 4.69) is 5.32 Å². The minimum Gasteiger partial charge on any atom is -0.480 e. The van der Waals surface area contributed by atoms with Crippen LogP contribution in [0.3, 0.4) is 0 Å². The molecule has 0 spiro atoms. The van der Waals surface area contributed by atoms with Gasteiger partial charge < -0.3 is 19.9 Å². The number of carbonyl (C=O) groups excluding carboxylic acids is 3. The Morgan fingerprint density at radius 1 is 1.14 bits per heavy atom. The largest absolute Gasteiger partial charge is 0.480 e. The first-order chi connectivity index (χ1) is 9.63. The molecule has 9 heteroatoms. The van der Waals surface area contributed by atoms with Crippen molar-refractivity contribution in [3.63, 3.8) is 0 Å². The molecule has 0 bridgehead atoms.